The van der Waals surface area contributed by atoms with Gasteiger partial charge in [-0.15, -0.1) is 0 Å². The fourth-order valence-electron chi connectivity index (χ4n) is 1.85. The van der Waals surface area contributed by atoms with Crippen LogP contribution in [0.2, 0.25) is 0 Å². The van der Waals surface area contributed by atoms with Crippen molar-refractivity contribution in [3.63, 3.8) is 0 Å². The largest absolute Gasteiger partial charge is 0.480 e. The molecule has 106 valence electrons. The number of carboxylic acid groups (broad SMARTS) is 1. The topological polar surface area (TPSA) is 99.1 Å². The van der Waals surface area contributed by atoms with E-state index in [1.165, 1.54) is 31.0 Å². The van der Waals surface area contributed by atoms with Crippen LogP contribution >= 0.6 is 0 Å². The molecule has 0 radical (unpaired) electrons. The Hall–Kier alpha value is -2.64. The van der Waals surface area contributed by atoms with Crippen LogP contribution < -0.4 is 11.2 Å². The number of aliphatic carboxylic acids is 1. The van der Waals surface area contributed by atoms with Crippen LogP contribution in [0.25, 0.3) is 11.1 Å². The third kappa shape index (κ3) is 2.15. The molecule has 0 saturated heterocycles. The zero-order chi connectivity index (χ0) is 15.0. The predicted molar refractivity (Wildman–Crippen MR) is 70.5 cm³/mol. The van der Waals surface area contributed by atoms with E-state index in [1.54, 1.807) is 13.2 Å². The molecule has 0 aliphatic heterocycles. The molecule has 8 nitrogen and oxygen atoms in total. The van der Waals surface area contributed by atoms with Crippen molar-refractivity contribution in [3.8, 4) is 11.1 Å². The lowest BCUT2D eigenvalue weighted by Crippen LogP contribution is -2.40. The van der Waals surface area contributed by atoms with Crippen LogP contribution in [0, 0.1) is 0 Å². The van der Waals surface area contributed by atoms with Crippen LogP contribution in [0.15, 0.2) is 28.2 Å². The minimum absolute atomic E-state index is 0.230. The zero-order valence-corrected chi connectivity index (χ0v) is 11.3. The van der Waals surface area contributed by atoms with Gasteiger partial charge in [0.15, 0.2) is 0 Å². The number of hydrogen-bond donors (Lipinski definition) is 1. The molecule has 20 heavy (non-hydrogen) atoms. The minimum Gasteiger partial charge on any atom is -0.480 e. The van der Waals surface area contributed by atoms with Gasteiger partial charge in [0.25, 0.3) is 5.56 Å². The third-order valence-electron chi connectivity index (χ3n) is 3.10. The second-order valence-corrected chi connectivity index (χ2v) is 4.51. The Bertz CT molecular complexity index is 783. The molecule has 1 atom stereocenters. The molecule has 0 fully saturated rings. The van der Waals surface area contributed by atoms with Gasteiger partial charge in [-0.2, -0.15) is 5.10 Å². The van der Waals surface area contributed by atoms with Gasteiger partial charge >= 0.3 is 11.7 Å². The Labute approximate surface area is 113 Å². The van der Waals surface area contributed by atoms with Gasteiger partial charge in [-0.1, -0.05) is 0 Å². The number of carbonyl (C=O) groups is 1. The molecule has 0 aromatic carbocycles. The van der Waals surface area contributed by atoms with E-state index in [9.17, 15) is 14.4 Å². The summed E-state index contributed by atoms with van der Waals surface area (Å²) in [5, 5.41) is 13.0. The Morgan fingerprint density at radius 2 is 1.95 bits per heavy atom. The molecule has 2 aromatic heterocycles. The molecule has 0 aliphatic rings. The molecule has 0 spiro atoms. The lowest BCUT2D eigenvalue weighted by molar-refractivity contribution is -0.140. The first-order valence-electron chi connectivity index (χ1n) is 5.87. The fraction of sp³-hybridized carbons (Fsp3) is 0.333. The van der Waals surface area contributed by atoms with Crippen LogP contribution in [0.4, 0.5) is 0 Å². The summed E-state index contributed by atoms with van der Waals surface area (Å²) in [4.78, 5) is 35.1. The molecule has 0 aliphatic carbocycles. The predicted octanol–water partition coefficient (Wildman–Crippen LogP) is -0.407. The highest BCUT2D eigenvalue weighted by molar-refractivity contribution is 5.71. The number of aryl methyl sites for hydroxylation is 1. The van der Waals surface area contributed by atoms with Crippen molar-refractivity contribution in [3.05, 3.63) is 39.4 Å². The average molecular weight is 278 g/mol. The molecule has 2 aromatic rings. The summed E-state index contributed by atoms with van der Waals surface area (Å²) < 4.78 is 3.43. The molecule has 0 bridgehead atoms. The van der Waals surface area contributed by atoms with Crippen LogP contribution in [0.3, 0.4) is 0 Å². The summed E-state index contributed by atoms with van der Waals surface area (Å²) in [6, 6.07) is -1.07. The maximum Gasteiger partial charge on any atom is 0.331 e. The Kier molecular flexibility index (Phi) is 3.31. The smallest absolute Gasteiger partial charge is 0.331 e. The molecule has 1 N–H and O–H groups in total. The van der Waals surface area contributed by atoms with E-state index in [4.69, 9.17) is 5.11 Å². The normalized spacial score (nSPS) is 12.3. The summed E-state index contributed by atoms with van der Waals surface area (Å²) in [6.45, 7) is 1.38. The van der Waals surface area contributed by atoms with Gasteiger partial charge in [0.05, 0.1) is 11.8 Å². The summed E-state index contributed by atoms with van der Waals surface area (Å²) in [5.74, 6) is -1.15. The van der Waals surface area contributed by atoms with Gasteiger partial charge in [-0.3, -0.25) is 18.6 Å². The SMILES string of the molecule is CC(C(=O)O)n1cc(-c2cnn(C)c2)c(=O)n(C)c1=O. The highest BCUT2D eigenvalue weighted by atomic mass is 16.4. The van der Waals surface area contributed by atoms with Crippen LogP contribution in [-0.4, -0.2) is 30.0 Å². The van der Waals surface area contributed by atoms with Gasteiger partial charge in [0, 0.05) is 32.1 Å². The quantitative estimate of drug-likeness (QED) is 0.823. The van der Waals surface area contributed by atoms with Crippen molar-refractivity contribution in [1.29, 1.82) is 0 Å². The van der Waals surface area contributed by atoms with Crippen molar-refractivity contribution in [1.82, 2.24) is 18.9 Å². The first kappa shape index (κ1) is 13.8. The van der Waals surface area contributed by atoms with Crippen LogP contribution in [0.5, 0.6) is 0 Å². The Morgan fingerprint density at radius 3 is 2.45 bits per heavy atom. The van der Waals surface area contributed by atoms with Gasteiger partial charge in [0.1, 0.15) is 6.04 Å². The van der Waals surface area contributed by atoms with Crippen LogP contribution in [-0.2, 0) is 18.9 Å². The molecule has 1 unspecified atom stereocenters. The van der Waals surface area contributed by atoms with E-state index in [0.29, 0.717) is 5.56 Å². The molecule has 0 saturated carbocycles. The second kappa shape index (κ2) is 4.80. The number of aromatic nitrogens is 4. The maximum absolute atomic E-state index is 12.1. The highest BCUT2D eigenvalue weighted by Gasteiger charge is 2.19. The van der Waals surface area contributed by atoms with Crippen molar-refractivity contribution in [2.75, 3.05) is 0 Å². The van der Waals surface area contributed by atoms with Gasteiger partial charge in [-0.25, -0.2) is 9.59 Å². The van der Waals surface area contributed by atoms with E-state index in [0.717, 1.165) is 9.13 Å². The van der Waals surface area contributed by atoms with Crippen molar-refractivity contribution in [2.24, 2.45) is 14.1 Å². The lowest BCUT2D eigenvalue weighted by atomic mass is 10.2. The van der Waals surface area contributed by atoms with Crippen molar-refractivity contribution < 1.29 is 9.90 Å². The number of hydrogen-bond acceptors (Lipinski definition) is 4. The maximum atomic E-state index is 12.1. The van der Waals surface area contributed by atoms with Crippen molar-refractivity contribution >= 4 is 5.97 Å². The molecule has 0 amide bonds. The Morgan fingerprint density at radius 1 is 1.30 bits per heavy atom. The first-order valence-corrected chi connectivity index (χ1v) is 5.87. The third-order valence-corrected chi connectivity index (χ3v) is 3.10. The average Bonchev–Trinajstić information content (AvgIpc) is 2.82. The number of rotatable bonds is 3. The van der Waals surface area contributed by atoms with E-state index < -0.39 is 23.3 Å². The summed E-state index contributed by atoms with van der Waals surface area (Å²) in [7, 11) is 3.01. The fourth-order valence-corrected chi connectivity index (χ4v) is 1.85. The molecule has 2 heterocycles. The lowest BCUT2D eigenvalue weighted by Gasteiger charge is -2.13. The molecular formula is C12H14N4O4. The Balaban J connectivity index is 2.74. The summed E-state index contributed by atoms with van der Waals surface area (Å²) >= 11 is 0. The van der Waals surface area contributed by atoms with Gasteiger partial charge < -0.3 is 5.11 Å². The summed E-state index contributed by atoms with van der Waals surface area (Å²) in [5.41, 5.74) is -0.401. The standard InChI is InChI=1S/C12H14N4O4/c1-7(11(18)19)16-6-9(8-4-13-14(2)5-8)10(17)15(3)12(16)20/h4-7H,1-3H3,(H,18,19). The molecule has 8 heteroatoms. The molecule has 2 rings (SSSR count). The van der Waals surface area contributed by atoms with E-state index >= 15 is 0 Å². The van der Waals surface area contributed by atoms with Gasteiger partial charge in [0.2, 0.25) is 0 Å². The first-order chi connectivity index (χ1) is 9.32. The van der Waals surface area contributed by atoms with Crippen LogP contribution in [0.1, 0.15) is 13.0 Å². The highest BCUT2D eigenvalue weighted by Crippen LogP contribution is 2.14. The van der Waals surface area contributed by atoms with E-state index in [2.05, 4.69) is 5.10 Å². The van der Waals surface area contributed by atoms with E-state index in [-0.39, 0.29) is 5.56 Å². The number of nitrogens with zero attached hydrogens (tertiary/aromatic N) is 4. The van der Waals surface area contributed by atoms with Gasteiger partial charge in [-0.05, 0) is 6.92 Å². The van der Waals surface area contributed by atoms with E-state index in [1.807, 2.05) is 0 Å². The second-order valence-electron chi connectivity index (χ2n) is 4.51. The summed E-state index contributed by atoms with van der Waals surface area (Å²) in [6.07, 6.45) is 4.37. The number of carboxylic acids is 1. The van der Waals surface area contributed by atoms with Crippen molar-refractivity contribution in [2.45, 2.75) is 13.0 Å². The minimum atomic E-state index is -1.15. The zero-order valence-electron chi connectivity index (χ0n) is 11.3. The monoisotopic (exact) mass is 278 g/mol. The molecular weight excluding hydrogens is 264 g/mol.